The SMILES string of the molecule is CCNC(=NCc1ccnc(OC2CCCCC2)c1)NCCOCC.I. The molecule has 7 heteroatoms. The summed E-state index contributed by atoms with van der Waals surface area (Å²) in [5, 5.41) is 6.52. The van der Waals surface area contributed by atoms with Crippen molar-refractivity contribution in [3.8, 4) is 5.88 Å². The van der Waals surface area contributed by atoms with Gasteiger partial charge >= 0.3 is 0 Å². The van der Waals surface area contributed by atoms with Crippen molar-refractivity contribution < 1.29 is 9.47 Å². The molecule has 0 spiro atoms. The van der Waals surface area contributed by atoms with Gasteiger partial charge in [0.05, 0.1) is 13.2 Å². The summed E-state index contributed by atoms with van der Waals surface area (Å²) in [5.74, 6) is 1.52. The zero-order valence-electron chi connectivity index (χ0n) is 16.0. The fraction of sp³-hybridized carbons (Fsp3) is 0.684. The Hall–Kier alpha value is -1.09. The Morgan fingerprint density at radius 2 is 2.04 bits per heavy atom. The number of rotatable bonds is 9. The molecule has 6 nitrogen and oxygen atoms in total. The number of ether oxygens (including phenoxy) is 2. The topological polar surface area (TPSA) is 67.8 Å². The molecule has 0 radical (unpaired) electrons. The zero-order chi connectivity index (χ0) is 17.7. The zero-order valence-corrected chi connectivity index (χ0v) is 18.3. The Balaban J connectivity index is 0.00000338. The minimum Gasteiger partial charge on any atom is -0.474 e. The average molecular weight is 476 g/mol. The maximum Gasteiger partial charge on any atom is 0.213 e. The lowest BCUT2D eigenvalue weighted by atomic mass is 9.98. The predicted molar refractivity (Wildman–Crippen MR) is 116 cm³/mol. The van der Waals surface area contributed by atoms with E-state index in [9.17, 15) is 0 Å². The van der Waals surface area contributed by atoms with Gasteiger partial charge in [-0.2, -0.15) is 0 Å². The van der Waals surface area contributed by atoms with Gasteiger partial charge in [-0.1, -0.05) is 6.42 Å². The molecule has 0 amide bonds. The molecule has 0 saturated heterocycles. The third-order valence-corrected chi connectivity index (χ3v) is 4.15. The molecule has 26 heavy (non-hydrogen) atoms. The first kappa shape index (κ1) is 23.0. The molecule has 0 aliphatic heterocycles. The second kappa shape index (κ2) is 14.0. The molecule has 1 aliphatic rings. The smallest absolute Gasteiger partial charge is 0.213 e. The van der Waals surface area contributed by atoms with E-state index in [1.54, 1.807) is 6.20 Å². The molecular weight excluding hydrogens is 443 g/mol. The molecule has 148 valence electrons. The Morgan fingerprint density at radius 3 is 2.77 bits per heavy atom. The molecule has 1 aromatic rings. The summed E-state index contributed by atoms with van der Waals surface area (Å²) >= 11 is 0. The van der Waals surface area contributed by atoms with E-state index in [0.717, 1.165) is 44.1 Å². The molecule has 2 N–H and O–H groups in total. The van der Waals surface area contributed by atoms with Gasteiger partial charge in [-0.05, 0) is 51.2 Å². The van der Waals surface area contributed by atoms with Crippen molar-refractivity contribution in [1.29, 1.82) is 0 Å². The van der Waals surface area contributed by atoms with E-state index in [-0.39, 0.29) is 24.0 Å². The van der Waals surface area contributed by atoms with Crippen molar-refractivity contribution in [2.45, 2.75) is 58.6 Å². The number of aromatic nitrogens is 1. The Morgan fingerprint density at radius 1 is 1.23 bits per heavy atom. The number of hydrogen-bond donors (Lipinski definition) is 2. The van der Waals surface area contributed by atoms with Gasteiger partial charge in [0.1, 0.15) is 6.10 Å². The largest absolute Gasteiger partial charge is 0.474 e. The maximum atomic E-state index is 6.03. The van der Waals surface area contributed by atoms with Crippen molar-refractivity contribution in [3.63, 3.8) is 0 Å². The van der Waals surface area contributed by atoms with Gasteiger partial charge in [0, 0.05) is 32.0 Å². The van der Waals surface area contributed by atoms with Crippen LogP contribution in [0.4, 0.5) is 0 Å². The minimum atomic E-state index is 0. The van der Waals surface area contributed by atoms with E-state index in [1.165, 1.54) is 19.3 Å². The van der Waals surface area contributed by atoms with Crippen LogP contribution < -0.4 is 15.4 Å². The molecule has 1 heterocycles. The summed E-state index contributed by atoms with van der Waals surface area (Å²) in [4.78, 5) is 8.97. The summed E-state index contributed by atoms with van der Waals surface area (Å²) < 4.78 is 11.4. The first-order valence-corrected chi connectivity index (χ1v) is 9.53. The van der Waals surface area contributed by atoms with Gasteiger partial charge in [-0.15, -0.1) is 24.0 Å². The van der Waals surface area contributed by atoms with Crippen molar-refractivity contribution in [3.05, 3.63) is 23.9 Å². The van der Waals surface area contributed by atoms with Gasteiger partial charge in [0.15, 0.2) is 5.96 Å². The average Bonchev–Trinajstić information content (AvgIpc) is 2.64. The van der Waals surface area contributed by atoms with E-state index in [0.29, 0.717) is 25.1 Å². The first-order chi connectivity index (χ1) is 12.3. The summed E-state index contributed by atoms with van der Waals surface area (Å²) in [7, 11) is 0. The second-order valence-electron chi connectivity index (χ2n) is 6.20. The molecule has 2 rings (SSSR count). The van der Waals surface area contributed by atoms with Gasteiger partial charge in [-0.25, -0.2) is 9.98 Å². The van der Waals surface area contributed by atoms with Crippen LogP contribution in [0, 0.1) is 0 Å². The number of guanidine groups is 1. The summed E-state index contributed by atoms with van der Waals surface area (Å²) in [6.07, 6.45) is 8.24. The highest BCUT2D eigenvalue weighted by Crippen LogP contribution is 2.22. The first-order valence-electron chi connectivity index (χ1n) is 9.53. The molecule has 1 aromatic heterocycles. The molecule has 0 unspecified atom stereocenters. The number of halogens is 1. The molecule has 0 aromatic carbocycles. The van der Waals surface area contributed by atoms with Crippen LogP contribution >= 0.6 is 24.0 Å². The highest BCUT2D eigenvalue weighted by Gasteiger charge is 2.15. The number of aliphatic imine (C=N–C) groups is 1. The molecule has 0 bridgehead atoms. The van der Waals surface area contributed by atoms with Crippen LogP contribution in [0.5, 0.6) is 5.88 Å². The van der Waals surface area contributed by atoms with Crippen LogP contribution in [0.3, 0.4) is 0 Å². The third-order valence-electron chi connectivity index (χ3n) is 4.15. The summed E-state index contributed by atoms with van der Waals surface area (Å²) in [6, 6.07) is 3.99. The lowest BCUT2D eigenvalue weighted by molar-refractivity contribution is 0.148. The van der Waals surface area contributed by atoms with Crippen LogP contribution in [0.25, 0.3) is 0 Å². The second-order valence-corrected chi connectivity index (χ2v) is 6.20. The standard InChI is InChI=1S/C19H32N4O2.HI/c1-3-20-19(22-12-13-24-4-2)23-15-16-10-11-21-18(14-16)25-17-8-6-5-7-9-17;/h10-11,14,17H,3-9,12-13,15H2,1-2H3,(H2,20,22,23);1H. The monoisotopic (exact) mass is 476 g/mol. The van der Waals surface area contributed by atoms with Crippen molar-refractivity contribution >= 4 is 29.9 Å². The highest BCUT2D eigenvalue weighted by molar-refractivity contribution is 14.0. The van der Waals surface area contributed by atoms with E-state index in [1.807, 2.05) is 19.1 Å². The van der Waals surface area contributed by atoms with E-state index >= 15 is 0 Å². The van der Waals surface area contributed by atoms with E-state index < -0.39 is 0 Å². The minimum absolute atomic E-state index is 0. The van der Waals surface area contributed by atoms with Gasteiger partial charge in [0.25, 0.3) is 0 Å². The van der Waals surface area contributed by atoms with Gasteiger partial charge in [-0.3, -0.25) is 0 Å². The van der Waals surface area contributed by atoms with E-state index in [4.69, 9.17) is 9.47 Å². The lowest BCUT2D eigenvalue weighted by Gasteiger charge is -2.22. The van der Waals surface area contributed by atoms with Crippen LogP contribution in [-0.2, 0) is 11.3 Å². The molecule has 1 saturated carbocycles. The Kier molecular flexibility index (Phi) is 12.4. The van der Waals surface area contributed by atoms with Crippen molar-refractivity contribution in [1.82, 2.24) is 15.6 Å². The fourth-order valence-electron chi connectivity index (χ4n) is 2.87. The fourth-order valence-corrected chi connectivity index (χ4v) is 2.87. The van der Waals surface area contributed by atoms with Gasteiger partial charge < -0.3 is 20.1 Å². The molecule has 0 atom stereocenters. The summed E-state index contributed by atoms with van der Waals surface area (Å²) in [6.45, 7) is 7.62. The normalized spacial score (nSPS) is 15.2. The number of nitrogens with one attached hydrogen (secondary N) is 2. The number of pyridine rings is 1. The van der Waals surface area contributed by atoms with Crippen LogP contribution in [0.15, 0.2) is 23.3 Å². The number of nitrogens with zero attached hydrogens (tertiary/aromatic N) is 2. The van der Waals surface area contributed by atoms with Crippen LogP contribution in [0.1, 0.15) is 51.5 Å². The van der Waals surface area contributed by atoms with Crippen LogP contribution in [-0.4, -0.2) is 43.4 Å². The van der Waals surface area contributed by atoms with Gasteiger partial charge in [0.2, 0.25) is 5.88 Å². The Labute approximate surface area is 174 Å². The van der Waals surface area contributed by atoms with Crippen molar-refractivity contribution in [2.75, 3.05) is 26.3 Å². The molecule has 1 fully saturated rings. The number of hydrogen-bond acceptors (Lipinski definition) is 4. The predicted octanol–water partition coefficient (Wildman–Crippen LogP) is 3.50. The maximum absolute atomic E-state index is 6.03. The molecular formula is C19H33IN4O2. The third kappa shape index (κ3) is 9.02. The highest BCUT2D eigenvalue weighted by atomic mass is 127. The summed E-state index contributed by atoms with van der Waals surface area (Å²) in [5.41, 5.74) is 1.10. The molecule has 1 aliphatic carbocycles. The Bertz CT molecular complexity index is 522. The lowest BCUT2D eigenvalue weighted by Crippen LogP contribution is -2.39. The van der Waals surface area contributed by atoms with Crippen LogP contribution in [0.2, 0.25) is 0 Å². The van der Waals surface area contributed by atoms with Crippen molar-refractivity contribution in [2.24, 2.45) is 4.99 Å². The van der Waals surface area contributed by atoms with E-state index in [2.05, 4.69) is 27.5 Å². The quantitative estimate of drug-likeness (QED) is 0.247.